The molecule has 1 N–H and O–H groups in total. The quantitative estimate of drug-likeness (QED) is 0.472. The van der Waals surface area contributed by atoms with Crippen LogP contribution in [0.1, 0.15) is 19.5 Å². The number of esters is 1. The number of ether oxygens (including phenoxy) is 1. The average Bonchev–Trinajstić information content (AvgIpc) is 3.33. The van der Waals surface area contributed by atoms with E-state index < -0.39 is 0 Å². The lowest BCUT2D eigenvalue weighted by molar-refractivity contribution is -0.139. The SMILES string of the molecule is COC(=O)Cc1cn2cc(-c3ncc(NC(C)C)s3)cc(-c3ccccc3)c2n1. The van der Waals surface area contributed by atoms with E-state index >= 15 is 0 Å². The number of hydrogen-bond donors (Lipinski definition) is 1. The van der Waals surface area contributed by atoms with Gasteiger partial charge < -0.3 is 14.5 Å². The van der Waals surface area contributed by atoms with Gasteiger partial charge in [-0.15, -0.1) is 0 Å². The van der Waals surface area contributed by atoms with Gasteiger partial charge in [0.15, 0.2) is 0 Å². The second-order valence-electron chi connectivity index (χ2n) is 7.05. The zero-order chi connectivity index (χ0) is 20.4. The minimum atomic E-state index is -0.306. The summed E-state index contributed by atoms with van der Waals surface area (Å²) in [6.07, 6.45) is 5.89. The van der Waals surface area contributed by atoms with Gasteiger partial charge in [-0.2, -0.15) is 0 Å². The fourth-order valence-electron chi connectivity index (χ4n) is 3.16. The Hall–Kier alpha value is -3.19. The van der Waals surface area contributed by atoms with Crippen molar-refractivity contribution in [2.24, 2.45) is 0 Å². The van der Waals surface area contributed by atoms with Crippen LogP contribution in [0.3, 0.4) is 0 Å². The Balaban J connectivity index is 1.83. The molecule has 3 aromatic heterocycles. The molecule has 4 aromatic rings. The zero-order valence-corrected chi connectivity index (χ0v) is 17.4. The molecule has 0 radical (unpaired) electrons. The summed E-state index contributed by atoms with van der Waals surface area (Å²) >= 11 is 1.62. The zero-order valence-electron chi connectivity index (χ0n) is 16.5. The number of methoxy groups -OCH3 is 1. The number of carbonyl (C=O) groups excluding carboxylic acids is 1. The average molecular weight is 407 g/mol. The van der Waals surface area contributed by atoms with Gasteiger partial charge in [0.1, 0.15) is 15.7 Å². The van der Waals surface area contributed by atoms with Crippen LogP contribution in [0, 0.1) is 0 Å². The van der Waals surface area contributed by atoms with Crippen LogP contribution >= 0.6 is 11.3 Å². The smallest absolute Gasteiger partial charge is 0.311 e. The molecule has 4 rings (SSSR count). The standard InChI is InChI=1S/C22H22N4O2S/c1-14(2)24-19-11-23-22(29-19)16-9-18(15-7-5-4-6-8-15)21-25-17(10-20(27)28-3)13-26(21)12-16/h4-9,11-14,24H,10H2,1-3H3. The number of imidazole rings is 1. The molecule has 0 bridgehead atoms. The van der Waals surface area contributed by atoms with E-state index in [0.29, 0.717) is 11.7 Å². The molecule has 0 atom stereocenters. The maximum Gasteiger partial charge on any atom is 0.311 e. The normalized spacial score (nSPS) is 11.2. The first kappa shape index (κ1) is 19.1. The van der Waals surface area contributed by atoms with Crippen molar-refractivity contribution in [1.29, 1.82) is 0 Å². The Morgan fingerprint density at radius 3 is 2.72 bits per heavy atom. The van der Waals surface area contributed by atoms with Crippen LogP contribution in [0.4, 0.5) is 5.00 Å². The maximum absolute atomic E-state index is 11.7. The number of aromatic nitrogens is 3. The number of fused-ring (bicyclic) bond motifs is 1. The maximum atomic E-state index is 11.7. The van der Waals surface area contributed by atoms with Gasteiger partial charge in [-0.05, 0) is 25.5 Å². The third kappa shape index (κ3) is 4.14. The number of nitrogens with zero attached hydrogens (tertiary/aromatic N) is 3. The number of pyridine rings is 1. The van der Waals surface area contributed by atoms with E-state index in [2.05, 4.69) is 47.3 Å². The molecule has 0 saturated carbocycles. The van der Waals surface area contributed by atoms with Crippen molar-refractivity contribution in [1.82, 2.24) is 14.4 Å². The van der Waals surface area contributed by atoms with Gasteiger partial charge in [0, 0.05) is 29.6 Å². The van der Waals surface area contributed by atoms with Crippen molar-refractivity contribution in [3.63, 3.8) is 0 Å². The van der Waals surface area contributed by atoms with E-state index in [9.17, 15) is 4.79 Å². The van der Waals surface area contributed by atoms with Crippen molar-refractivity contribution in [2.45, 2.75) is 26.3 Å². The number of rotatable bonds is 6. The summed E-state index contributed by atoms with van der Waals surface area (Å²) in [5, 5.41) is 5.36. The molecule has 7 heteroatoms. The Bertz CT molecular complexity index is 1150. The molecule has 0 saturated heterocycles. The molecule has 0 spiro atoms. The molecule has 0 amide bonds. The van der Waals surface area contributed by atoms with Crippen molar-refractivity contribution in [2.75, 3.05) is 12.4 Å². The van der Waals surface area contributed by atoms with Crippen molar-refractivity contribution >= 4 is 28.0 Å². The fourth-order valence-corrected chi connectivity index (χ4v) is 4.10. The number of anilines is 1. The summed E-state index contributed by atoms with van der Waals surface area (Å²) < 4.78 is 6.75. The highest BCUT2D eigenvalue weighted by Gasteiger charge is 2.15. The van der Waals surface area contributed by atoms with E-state index in [1.54, 1.807) is 11.3 Å². The van der Waals surface area contributed by atoms with Gasteiger partial charge in [0.05, 0.1) is 25.4 Å². The van der Waals surface area contributed by atoms with E-state index in [-0.39, 0.29) is 12.4 Å². The third-order valence-corrected chi connectivity index (χ3v) is 5.40. The summed E-state index contributed by atoms with van der Waals surface area (Å²) in [5.74, 6) is -0.306. The summed E-state index contributed by atoms with van der Waals surface area (Å²) in [6.45, 7) is 4.21. The molecular formula is C22H22N4O2S. The Morgan fingerprint density at radius 1 is 1.21 bits per heavy atom. The summed E-state index contributed by atoms with van der Waals surface area (Å²) in [5.41, 5.74) is 4.53. The minimum Gasteiger partial charge on any atom is -0.469 e. The molecule has 0 aliphatic carbocycles. The van der Waals surface area contributed by atoms with Gasteiger partial charge >= 0.3 is 5.97 Å². The Labute approximate surface area is 173 Å². The highest BCUT2D eigenvalue weighted by atomic mass is 32.1. The number of thiazole rings is 1. The number of nitrogens with one attached hydrogen (secondary N) is 1. The van der Waals surface area contributed by atoms with Gasteiger partial charge in [-0.25, -0.2) is 9.97 Å². The predicted octanol–water partition coefficient (Wildman–Crippen LogP) is 4.66. The van der Waals surface area contributed by atoms with Crippen LogP contribution in [0.5, 0.6) is 0 Å². The van der Waals surface area contributed by atoms with Gasteiger partial charge in [0.25, 0.3) is 0 Å². The summed E-state index contributed by atoms with van der Waals surface area (Å²) in [4.78, 5) is 21.0. The first-order valence-corrected chi connectivity index (χ1v) is 10.2. The molecule has 1 aromatic carbocycles. The van der Waals surface area contributed by atoms with Crippen molar-refractivity contribution in [3.8, 4) is 21.7 Å². The second kappa shape index (κ2) is 8.05. The van der Waals surface area contributed by atoms with E-state index in [1.165, 1.54) is 7.11 Å². The molecule has 0 aliphatic heterocycles. The second-order valence-corrected chi connectivity index (χ2v) is 8.08. The van der Waals surface area contributed by atoms with Crippen LogP contribution in [0.25, 0.3) is 27.3 Å². The lowest BCUT2D eigenvalue weighted by atomic mass is 10.1. The number of hydrogen-bond acceptors (Lipinski definition) is 6. The molecule has 3 heterocycles. The fraction of sp³-hybridized carbons (Fsp3) is 0.227. The van der Waals surface area contributed by atoms with Crippen LogP contribution in [-0.4, -0.2) is 33.5 Å². The Kier molecular flexibility index (Phi) is 5.31. The topological polar surface area (TPSA) is 68.5 Å². The lowest BCUT2D eigenvalue weighted by Gasteiger charge is -2.07. The molecular weight excluding hydrogens is 384 g/mol. The molecule has 6 nitrogen and oxygen atoms in total. The molecule has 148 valence electrons. The Morgan fingerprint density at radius 2 is 2.00 bits per heavy atom. The largest absolute Gasteiger partial charge is 0.469 e. The van der Waals surface area contributed by atoms with Crippen LogP contribution in [0.15, 0.2) is 55.0 Å². The van der Waals surface area contributed by atoms with E-state index in [4.69, 9.17) is 4.74 Å². The highest BCUT2D eigenvalue weighted by molar-refractivity contribution is 7.18. The van der Waals surface area contributed by atoms with Gasteiger partial charge in [-0.3, -0.25) is 4.79 Å². The summed E-state index contributed by atoms with van der Waals surface area (Å²) in [7, 11) is 1.39. The van der Waals surface area contributed by atoms with E-state index in [0.717, 1.165) is 32.3 Å². The van der Waals surface area contributed by atoms with Gasteiger partial charge in [0.2, 0.25) is 0 Å². The first-order valence-electron chi connectivity index (χ1n) is 9.40. The number of carbonyl (C=O) groups is 1. The monoisotopic (exact) mass is 406 g/mol. The van der Waals surface area contributed by atoms with Crippen LogP contribution in [-0.2, 0) is 16.0 Å². The predicted molar refractivity (Wildman–Crippen MR) is 116 cm³/mol. The molecule has 29 heavy (non-hydrogen) atoms. The van der Waals surface area contributed by atoms with E-state index in [1.807, 2.05) is 41.2 Å². The summed E-state index contributed by atoms with van der Waals surface area (Å²) in [6, 6.07) is 12.6. The van der Waals surface area contributed by atoms with Crippen LogP contribution in [0.2, 0.25) is 0 Å². The molecule has 0 unspecified atom stereocenters. The van der Waals surface area contributed by atoms with Gasteiger partial charge in [-0.1, -0.05) is 41.7 Å². The minimum absolute atomic E-state index is 0.140. The first-order chi connectivity index (χ1) is 14.0. The lowest BCUT2D eigenvalue weighted by Crippen LogP contribution is -2.07. The highest BCUT2D eigenvalue weighted by Crippen LogP contribution is 2.33. The van der Waals surface area contributed by atoms with Crippen LogP contribution < -0.4 is 5.32 Å². The number of benzene rings is 1. The molecule has 0 fully saturated rings. The van der Waals surface area contributed by atoms with Crippen molar-refractivity contribution in [3.05, 3.63) is 60.7 Å². The molecule has 0 aliphatic rings. The van der Waals surface area contributed by atoms with Crippen molar-refractivity contribution < 1.29 is 9.53 Å². The third-order valence-electron chi connectivity index (χ3n) is 4.42.